The summed E-state index contributed by atoms with van der Waals surface area (Å²) in [7, 11) is 0. The molecule has 0 N–H and O–H groups in total. The van der Waals surface area contributed by atoms with Gasteiger partial charge in [0.25, 0.3) is 0 Å². The van der Waals surface area contributed by atoms with Crippen molar-refractivity contribution in [3.8, 4) is 56.0 Å². The molecule has 272 valence electrons. The highest BCUT2D eigenvalue weighted by Gasteiger charge is 2.54. The molecule has 4 aliphatic rings. The van der Waals surface area contributed by atoms with Gasteiger partial charge in [-0.2, -0.15) is 0 Å². The molecule has 10 aromatic rings. The molecule has 59 heavy (non-hydrogen) atoms. The number of hydrogen-bond donors (Lipinski definition) is 0. The van der Waals surface area contributed by atoms with Gasteiger partial charge in [-0.05, 0) is 94.7 Å². The topological polar surface area (TPSA) is 9.23 Å². The van der Waals surface area contributed by atoms with Gasteiger partial charge >= 0.3 is 0 Å². The van der Waals surface area contributed by atoms with Crippen LogP contribution in [0.4, 0.5) is 0 Å². The monoisotopic (exact) mass is 746 g/mol. The zero-order valence-corrected chi connectivity index (χ0v) is 32.0. The third-order valence-electron chi connectivity index (χ3n) is 14.1. The van der Waals surface area contributed by atoms with Crippen LogP contribution in [0.25, 0.3) is 66.1 Å². The van der Waals surface area contributed by atoms with Crippen molar-refractivity contribution in [2.75, 3.05) is 0 Å². The van der Waals surface area contributed by atoms with Crippen molar-refractivity contribution >= 4 is 21.5 Å². The van der Waals surface area contributed by atoms with Crippen LogP contribution in [0, 0.1) is 0 Å². The fourth-order valence-corrected chi connectivity index (χ4v) is 12.0. The molecule has 1 heteroatoms. The lowest BCUT2D eigenvalue weighted by Gasteiger charge is -2.40. The van der Waals surface area contributed by atoms with Crippen molar-refractivity contribution in [3.63, 3.8) is 0 Å². The summed E-state index contributed by atoms with van der Waals surface area (Å²) in [5, 5.41) is 4.61. The van der Waals surface area contributed by atoms with Crippen LogP contribution in [0.2, 0.25) is 0 Å². The summed E-state index contributed by atoms with van der Waals surface area (Å²) in [6.07, 6.45) is 0. The van der Waals surface area contributed by atoms with E-state index in [1.54, 1.807) is 0 Å². The molecule has 0 radical (unpaired) electrons. The van der Waals surface area contributed by atoms with Crippen LogP contribution in [-0.4, -0.2) is 0 Å². The minimum Gasteiger partial charge on any atom is -0.455 e. The maximum Gasteiger partial charge on any atom is 0.140 e. The van der Waals surface area contributed by atoms with Crippen molar-refractivity contribution in [3.05, 3.63) is 251 Å². The third kappa shape index (κ3) is 3.69. The van der Waals surface area contributed by atoms with E-state index in [0.29, 0.717) is 0 Å². The van der Waals surface area contributed by atoms with Crippen molar-refractivity contribution in [2.24, 2.45) is 0 Å². The second-order valence-corrected chi connectivity index (χ2v) is 16.6. The van der Waals surface area contributed by atoms with Crippen molar-refractivity contribution in [1.82, 2.24) is 0 Å². The number of fused-ring (bicyclic) bond motifs is 23. The number of benzene rings is 10. The highest BCUT2D eigenvalue weighted by molar-refractivity contribution is 6.03. The smallest absolute Gasteiger partial charge is 0.140 e. The molecule has 14 rings (SSSR count). The van der Waals surface area contributed by atoms with E-state index in [2.05, 4.69) is 206 Å². The molecule has 0 amide bonds. The average molecular weight is 747 g/mol. The Morgan fingerprint density at radius 2 is 0.695 bits per heavy atom. The molecule has 0 aromatic heterocycles. The van der Waals surface area contributed by atoms with Crippen molar-refractivity contribution in [1.29, 1.82) is 0 Å². The second kappa shape index (κ2) is 11.1. The van der Waals surface area contributed by atoms with Gasteiger partial charge in [-0.25, -0.2) is 0 Å². The van der Waals surface area contributed by atoms with E-state index in [1.807, 2.05) is 0 Å². The minimum absolute atomic E-state index is 0.399. The van der Waals surface area contributed by atoms with Gasteiger partial charge in [0.15, 0.2) is 0 Å². The van der Waals surface area contributed by atoms with Crippen molar-refractivity contribution in [2.45, 2.75) is 10.8 Å². The van der Waals surface area contributed by atoms with Crippen LogP contribution < -0.4 is 4.74 Å². The Labute approximate surface area is 342 Å². The summed E-state index contributed by atoms with van der Waals surface area (Å²) < 4.78 is 7.25. The molecule has 2 spiro atoms. The normalized spacial score (nSPS) is 14.8. The lowest BCUT2D eigenvalue weighted by molar-refractivity contribution is 0.447. The predicted octanol–water partition coefficient (Wildman–Crippen LogP) is 14.5. The lowest BCUT2D eigenvalue weighted by atomic mass is 9.65. The van der Waals surface area contributed by atoms with Gasteiger partial charge < -0.3 is 4.74 Å². The maximum absolute atomic E-state index is 7.25. The van der Waals surface area contributed by atoms with Gasteiger partial charge in [0.1, 0.15) is 11.5 Å². The van der Waals surface area contributed by atoms with E-state index in [1.165, 1.54) is 99.8 Å². The number of hydrogen-bond acceptors (Lipinski definition) is 1. The standard InChI is InChI=1S/C58H34O/c1-3-16-39-35(14-1)29-32-51-55(39)59-56-40-17-4-2-15-36(40)30-33-52(56)58(51)48-25-11-7-20-43(48)44-31-28-37(34-53(44)58)38-22-13-27-50-54(38)45-21-8-12-26-49(45)57(50)46-23-9-5-18-41(46)42-19-6-10-24-47(42)57/h1-34H. The molecule has 0 atom stereocenters. The van der Waals surface area contributed by atoms with Gasteiger partial charge in [-0.1, -0.05) is 200 Å². The Hall–Kier alpha value is -7.48. The average Bonchev–Trinajstić information content (AvgIpc) is 3.89. The fourth-order valence-electron chi connectivity index (χ4n) is 12.0. The molecule has 1 heterocycles. The van der Waals surface area contributed by atoms with E-state index < -0.39 is 10.8 Å². The molecule has 10 aromatic carbocycles. The molecule has 1 aliphatic heterocycles. The van der Waals surface area contributed by atoms with Crippen LogP contribution in [0.1, 0.15) is 44.5 Å². The predicted molar refractivity (Wildman–Crippen MR) is 241 cm³/mol. The van der Waals surface area contributed by atoms with Crippen LogP contribution in [0.15, 0.2) is 206 Å². The van der Waals surface area contributed by atoms with Crippen LogP contribution >= 0.6 is 0 Å². The van der Waals surface area contributed by atoms with E-state index >= 15 is 0 Å². The van der Waals surface area contributed by atoms with Gasteiger partial charge in [0, 0.05) is 21.9 Å². The highest BCUT2D eigenvalue weighted by Crippen LogP contribution is 2.66. The second-order valence-electron chi connectivity index (χ2n) is 16.6. The molecule has 1 nitrogen and oxygen atoms in total. The van der Waals surface area contributed by atoms with Crippen LogP contribution in [0.5, 0.6) is 11.5 Å². The first kappa shape index (κ1) is 31.6. The van der Waals surface area contributed by atoms with Crippen LogP contribution in [-0.2, 0) is 10.8 Å². The Kier molecular flexibility index (Phi) is 5.96. The first-order valence-electron chi connectivity index (χ1n) is 20.7. The van der Waals surface area contributed by atoms with E-state index in [-0.39, 0.29) is 0 Å². The SMILES string of the molecule is c1ccc2c(c1)-c1ccccc1C21c2ccccc2-c2c(-c3ccc4c(c3)C3(c5ccccc5-4)c4ccc5ccccc5c4Oc4c3ccc3ccccc43)cccc21. The largest absolute Gasteiger partial charge is 0.455 e. The summed E-state index contributed by atoms with van der Waals surface area (Å²) in [6.45, 7) is 0. The van der Waals surface area contributed by atoms with E-state index in [0.717, 1.165) is 22.3 Å². The Balaban J connectivity index is 1.09. The zero-order chi connectivity index (χ0) is 38.5. The quantitative estimate of drug-likeness (QED) is 0.163. The molecule has 3 aliphatic carbocycles. The summed E-state index contributed by atoms with van der Waals surface area (Å²) in [6, 6.07) is 77.2. The molecule has 0 bridgehead atoms. The summed E-state index contributed by atoms with van der Waals surface area (Å²) >= 11 is 0. The lowest BCUT2D eigenvalue weighted by Crippen LogP contribution is -2.32. The van der Waals surface area contributed by atoms with Gasteiger partial charge in [-0.3, -0.25) is 0 Å². The summed E-state index contributed by atoms with van der Waals surface area (Å²) in [4.78, 5) is 0. The third-order valence-corrected chi connectivity index (χ3v) is 14.1. The molecule has 0 saturated heterocycles. The molecular formula is C58H34O. The number of rotatable bonds is 1. The Morgan fingerprint density at radius 3 is 1.27 bits per heavy atom. The molecule has 0 saturated carbocycles. The maximum atomic E-state index is 7.25. The summed E-state index contributed by atoms with van der Waals surface area (Å²) in [5.41, 5.74) is 19.7. The fraction of sp³-hybridized carbons (Fsp3) is 0.0345. The van der Waals surface area contributed by atoms with E-state index in [9.17, 15) is 0 Å². The first-order chi connectivity index (χ1) is 29.3. The van der Waals surface area contributed by atoms with Gasteiger partial charge in [0.05, 0.1) is 10.8 Å². The highest BCUT2D eigenvalue weighted by atomic mass is 16.5. The molecular weight excluding hydrogens is 713 g/mol. The van der Waals surface area contributed by atoms with Crippen molar-refractivity contribution < 1.29 is 4.74 Å². The Bertz CT molecular complexity index is 3360. The van der Waals surface area contributed by atoms with Gasteiger partial charge in [-0.15, -0.1) is 0 Å². The molecule has 0 unspecified atom stereocenters. The number of ether oxygens (including phenoxy) is 1. The van der Waals surface area contributed by atoms with E-state index in [4.69, 9.17) is 4.74 Å². The Morgan fingerprint density at radius 1 is 0.271 bits per heavy atom. The first-order valence-corrected chi connectivity index (χ1v) is 20.7. The summed E-state index contributed by atoms with van der Waals surface area (Å²) in [5.74, 6) is 1.88. The molecule has 0 fully saturated rings. The zero-order valence-electron chi connectivity index (χ0n) is 32.0. The van der Waals surface area contributed by atoms with Gasteiger partial charge in [0.2, 0.25) is 0 Å². The van der Waals surface area contributed by atoms with Crippen LogP contribution in [0.3, 0.4) is 0 Å². The minimum atomic E-state index is -0.612.